The lowest BCUT2D eigenvalue weighted by Gasteiger charge is -2.18. The molecule has 0 saturated heterocycles. The van der Waals surface area contributed by atoms with Crippen molar-refractivity contribution in [3.8, 4) is 0 Å². The number of aryl methyl sites for hydroxylation is 2. The SMILES string of the molecule is CCNC(c1cnc(C)cn1)c1c(Br)cnn1C. The molecule has 2 heterocycles. The van der Waals surface area contributed by atoms with Gasteiger partial charge in [-0.1, -0.05) is 6.92 Å². The Labute approximate surface area is 115 Å². The standard InChI is InChI=1S/C12H16BrN5/c1-4-14-11(10-7-15-8(2)5-16-10)12-9(13)6-17-18(12)3/h5-7,11,14H,4H2,1-3H3. The van der Waals surface area contributed by atoms with Crippen LogP contribution < -0.4 is 5.32 Å². The molecular formula is C12H16BrN5. The molecule has 0 aromatic carbocycles. The van der Waals surface area contributed by atoms with E-state index >= 15 is 0 Å². The minimum Gasteiger partial charge on any atom is -0.304 e. The summed E-state index contributed by atoms with van der Waals surface area (Å²) in [7, 11) is 1.92. The Morgan fingerprint density at radius 2 is 2.11 bits per heavy atom. The average Bonchev–Trinajstić information content (AvgIpc) is 2.68. The molecule has 18 heavy (non-hydrogen) atoms. The molecule has 2 aromatic heterocycles. The zero-order valence-electron chi connectivity index (χ0n) is 10.7. The van der Waals surface area contributed by atoms with Crippen LogP contribution in [0.2, 0.25) is 0 Å². The predicted octanol–water partition coefficient (Wildman–Crippen LogP) is 1.98. The maximum absolute atomic E-state index is 4.45. The molecule has 0 bridgehead atoms. The van der Waals surface area contributed by atoms with Crippen molar-refractivity contribution < 1.29 is 0 Å². The fourth-order valence-electron chi connectivity index (χ4n) is 1.84. The Hall–Kier alpha value is -1.27. The lowest BCUT2D eigenvalue weighted by Crippen LogP contribution is -2.25. The molecule has 0 amide bonds. The normalized spacial score (nSPS) is 12.7. The third-order valence-corrected chi connectivity index (χ3v) is 3.33. The first-order valence-corrected chi connectivity index (χ1v) is 6.62. The van der Waals surface area contributed by atoms with E-state index in [2.05, 4.69) is 43.2 Å². The van der Waals surface area contributed by atoms with Crippen LogP contribution in [0.15, 0.2) is 23.1 Å². The molecule has 0 aliphatic carbocycles. The number of hydrogen-bond donors (Lipinski definition) is 1. The van der Waals surface area contributed by atoms with Crippen LogP contribution in [-0.4, -0.2) is 26.3 Å². The van der Waals surface area contributed by atoms with Gasteiger partial charge in [0.2, 0.25) is 0 Å². The van der Waals surface area contributed by atoms with E-state index < -0.39 is 0 Å². The van der Waals surface area contributed by atoms with Gasteiger partial charge in [-0.15, -0.1) is 0 Å². The minimum absolute atomic E-state index is 0.00928. The fourth-order valence-corrected chi connectivity index (χ4v) is 2.42. The average molecular weight is 310 g/mol. The maximum Gasteiger partial charge on any atom is 0.0948 e. The van der Waals surface area contributed by atoms with Gasteiger partial charge in [-0.3, -0.25) is 14.6 Å². The number of aromatic nitrogens is 4. The number of hydrogen-bond acceptors (Lipinski definition) is 4. The molecule has 0 fully saturated rings. The molecule has 1 unspecified atom stereocenters. The van der Waals surface area contributed by atoms with Gasteiger partial charge in [0.25, 0.3) is 0 Å². The molecule has 1 N–H and O–H groups in total. The van der Waals surface area contributed by atoms with Gasteiger partial charge in [-0.2, -0.15) is 5.10 Å². The monoisotopic (exact) mass is 309 g/mol. The first kappa shape index (κ1) is 13.2. The molecule has 0 saturated carbocycles. The van der Waals surface area contributed by atoms with Crippen molar-refractivity contribution in [1.82, 2.24) is 25.1 Å². The zero-order chi connectivity index (χ0) is 13.1. The van der Waals surface area contributed by atoms with Crippen molar-refractivity contribution in [1.29, 1.82) is 0 Å². The van der Waals surface area contributed by atoms with Crippen molar-refractivity contribution in [2.75, 3.05) is 6.54 Å². The maximum atomic E-state index is 4.45. The van der Waals surface area contributed by atoms with Crippen molar-refractivity contribution in [3.63, 3.8) is 0 Å². The lowest BCUT2D eigenvalue weighted by molar-refractivity contribution is 0.557. The molecule has 0 aliphatic rings. The predicted molar refractivity (Wildman–Crippen MR) is 73.2 cm³/mol. The van der Waals surface area contributed by atoms with Crippen LogP contribution in [0.5, 0.6) is 0 Å². The van der Waals surface area contributed by atoms with Crippen LogP contribution in [0, 0.1) is 6.92 Å². The van der Waals surface area contributed by atoms with Gasteiger partial charge in [0.05, 0.1) is 40.0 Å². The van der Waals surface area contributed by atoms with Gasteiger partial charge < -0.3 is 5.32 Å². The van der Waals surface area contributed by atoms with Gasteiger partial charge in [0.15, 0.2) is 0 Å². The molecule has 1 atom stereocenters. The van der Waals surface area contributed by atoms with Crippen molar-refractivity contribution in [2.45, 2.75) is 19.9 Å². The molecule has 0 radical (unpaired) electrons. The van der Waals surface area contributed by atoms with Gasteiger partial charge in [-0.25, -0.2) is 0 Å². The molecule has 2 rings (SSSR count). The van der Waals surface area contributed by atoms with E-state index in [9.17, 15) is 0 Å². The highest BCUT2D eigenvalue weighted by Crippen LogP contribution is 2.26. The second-order valence-corrected chi connectivity index (χ2v) is 4.93. The number of rotatable bonds is 4. The van der Waals surface area contributed by atoms with Gasteiger partial charge in [0, 0.05) is 13.2 Å². The van der Waals surface area contributed by atoms with Gasteiger partial charge in [0.1, 0.15) is 0 Å². The molecule has 96 valence electrons. The van der Waals surface area contributed by atoms with Gasteiger partial charge in [-0.05, 0) is 29.4 Å². The van der Waals surface area contributed by atoms with E-state index in [1.54, 1.807) is 12.4 Å². The second kappa shape index (κ2) is 5.58. The summed E-state index contributed by atoms with van der Waals surface area (Å²) in [5.41, 5.74) is 2.86. The third-order valence-electron chi connectivity index (χ3n) is 2.72. The Balaban J connectivity index is 2.43. The van der Waals surface area contributed by atoms with Gasteiger partial charge >= 0.3 is 0 Å². The summed E-state index contributed by atoms with van der Waals surface area (Å²) in [6, 6.07) is -0.00928. The first-order valence-electron chi connectivity index (χ1n) is 5.82. The van der Waals surface area contributed by atoms with E-state index in [-0.39, 0.29) is 6.04 Å². The number of halogens is 1. The Kier molecular flexibility index (Phi) is 4.08. The smallest absolute Gasteiger partial charge is 0.0948 e. The lowest BCUT2D eigenvalue weighted by atomic mass is 10.1. The van der Waals surface area contributed by atoms with E-state index in [0.717, 1.165) is 28.1 Å². The number of nitrogens with one attached hydrogen (secondary N) is 1. The first-order chi connectivity index (χ1) is 8.63. The Morgan fingerprint density at radius 3 is 2.61 bits per heavy atom. The Bertz CT molecular complexity index is 500. The summed E-state index contributed by atoms with van der Waals surface area (Å²) >= 11 is 3.53. The summed E-state index contributed by atoms with van der Waals surface area (Å²) in [6.45, 7) is 4.84. The highest BCUT2D eigenvalue weighted by molar-refractivity contribution is 9.10. The van der Waals surface area contributed by atoms with Crippen molar-refractivity contribution in [2.24, 2.45) is 7.05 Å². The minimum atomic E-state index is -0.00928. The van der Waals surface area contributed by atoms with E-state index in [1.807, 2.05) is 24.9 Å². The number of nitrogens with zero attached hydrogens (tertiary/aromatic N) is 4. The van der Waals surface area contributed by atoms with Crippen LogP contribution in [0.25, 0.3) is 0 Å². The highest BCUT2D eigenvalue weighted by atomic mass is 79.9. The third kappa shape index (κ3) is 2.59. The van der Waals surface area contributed by atoms with Crippen LogP contribution in [0.3, 0.4) is 0 Å². The largest absolute Gasteiger partial charge is 0.304 e. The molecule has 2 aromatic rings. The van der Waals surface area contributed by atoms with Crippen LogP contribution in [-0.2, 0) is 7.05 Å². The second-order valence-electron chi connectivity index (χ2n) is 4.07. The van der Waals surface area contributed by atoms with E-state index in [0.29, 0.717) is 0 Å². The fraction of sp³-hybridized carbons (Fsp3) is 0.417. The van der Waals surface area contributed by atoms with Crippen molar-refractivity contribution in [3.05, 3.63) is 40.1 Å². The summed E-state index contributed by atoms with van der Waals surface area (Å²) in [6.07, 6.45) is 5.38. The molecule has 6 heteroatoms. The van der Waals surface area contributed by atoms with Crippen LogP contribution in [0.1, 0.15) is 30.0 Å². The van der Waals surface area contributed by atoms with E-state index in [1.165, 1.54) is 0 Å². The molecular weight excluding hydrogens is 294 g/mol. The summed E-state index contributed by atoms with van der Waals surface area (Å²) < 4.78 is 2.82. The Morgan fingerprint density at radius 1 is 1.33 bits per heavy atom. The topological polar surface area (TPSA) is 55.6 Å². The zero-order valence-corrected chi connectivity index (χ0v) is 12.3. The molecule has 0 aliphatic heterocycles. The van der Waals surface area contributed by atoms with Crippen LogP contribution >= 0.6 is 15.9 Å². The summed E-state index contributed by atoms with van der Waals surface area (Å²) in [5.74, 6) is 0. The quantitative estimate of drug-likeness (QED) is 0.938. The highest BCUT2D eigenvalue weighted by Gasteiger charge is 2.21. The summed E-state index contributed by atoms with van der Waals surface area (Å²) in [4.78, 5) is 8.75. The molecule has 0 spiro atoms. The summed E-state index contributed by atoms with van der Waals surface area (Å²) in [5, 5.41) is 7.65. The van der Waals surface area contributed by atoms with Crippen molar-refractivity contribution >= 4 is 15.9 Å². The van der Waals surface area contributed by atoms with E-state index in [4.69, 9.17) is 0 Å². The molecule has 5 nitrogen and oxygen atoms in total. The van der Waals surface area contributed by atoms with Crippen LogP contribution in [0.4, 0.5) is 0 Å².